The van der Waals surface area contributed by atoms with Crippen LogP contribution in [0.5, 0.6) is 17.4 Å². The standard InChI is InChI=1S/C25H28N2O3.C2H6/c1-27-13-11-19-15-23(28-2)24(29-3)16-21(19)22(27)14-17-7-9-18(10-8-17)20-6-5-12-26-25(20)30-4;1-2/h5-10,12,15-16,22H,11,13-14H2,1-4H3;1-2H3. The molecule has 0 radical (unpaired) electrons. The predicted octanol–water partition coefficient (Wildman–Crippen LogP) is 5.57. The van der Waals surface area contributed by atoms with E-state index in [2.05, 4.69) is 53.3 Å². The van der Waals surface area contributed by atoms with Gasteiger partial charge in [-0.15, -0.1) is 0 Å². The Kier molecular flexibility index (Phi) is 8.12. The van der Waals surface area contributed by atoms with Crippen molar-refractivity contribution in [3.8, 4) is 28.5 Å². The molecule has 0 saturated carbocycles. The van der Waals surface area contributed by atoms with Crippen LogP contribution in [-0.4, -0.2) is 44.8 Å². The zero-order valence-corrected chi connectivity index (χ0v) is 20.0. The molecule has 32 heavy (non-hydrogen) atoms. The third-order valence-electron chi connectivity index (χ3n) is 5.93. The Labute approximate surface area is 192 Å². The molecule has 0 fully saturated rings. The van der Waals surface area contributed by atoms with E-state index in [-0.39, 0.29) is 0 Å². The van der Waals surface area contributed by atoms with E-state index in [1.165, 1.54) is 16.7 Å². The van der Waals surface area contributed by atoms with E-state index in [0.717, 1.165) is 42.0 Å². The second-order valence-electron chi connectivity index (χ2n) is 7.61. The van der Waals surface area contributed by atoms with E-state index in [9.17, 15) is 0 Å². The van der Waals surface area contributed by atoms with Gasteiger partial charge >= 0.3 is 0 Å². The Balaban J connectivity index is 0.00000141. The van der Waals surface area contributed by atoms with Gasteiger partial charge in [-0.2, -0.15) is 0 Å². The third kappa shape index (κ3) is 4.89. The van der Waals surface area contributed by atoms with Gasteiger partial charge in [-0.3, -0.25) is 4.90 Å². The lowest BCUT2D eigenvalue weighted by atomic mass is 9.88. The van der Waals surface area contributed by atoms with Gasteiger partial charge in [0.05, 0.1) is 21.3 Å². The molecule has 170 valence electrons. The van der Waals surface area contributed by atoms with Crippen molar-refractivity contribution < 1.29 is 14.2 Å². The molecule has 0 N–H and O–H groups in total. The fourth-order valence-electron chi connectivity index (χ4n) is 4.24. The molecule has 5 nitrogen and oxygen atoms in total. The lowest BCUT2D eigenvalue weighted by molar-refractivity contribution is 0.228. The first-order valence-corrected chi connectivity index (χ1v) is 11.2. The predicted molar refractivity (Wildman–Crippen MR) is 130 cm³/mol. The van der Waals surface area contributed by atoms with Gasteiger partial charge in [0, 0.05) is 24.3 Å². The molecule has 0 bridgehead atoms. The summed E-state index contributed by atoms with van der Waals surface area (Å²) in [6.07, 6.45) is 3.70. The summed E-state index contributed by atoms with van der Waals surface area (Å²) >= 11 is 0. The van der Waals surface area contributed by atoms with E-state index in [4.69, 9.17) is 14.2 Å². The van der Waals surface area contributed by atoms with Gasteiger partial charge in [-0.05, 0) is 66.4 Å². The van der Waals surface area contributed by atoms with E-state index >= 15 is 0 Å². The summed E-state index contributed by atoms with van der Waals surface area (Å²) < 4.78 is 16.5. The molecule has 0 spiro atoms. The maximum atomic E-state index is 5.56. The van der Waals surface area contributed by atoms with Crippen molar-refractivity contribution in [1.82, 2.24) is 9.88 Å². The molecular formula is C27H34N2O3. The third-order valence-corrected chi connectivity index (χ3v) is 5.93. The van der Waals surface area contributed by atoms with Crippen LogP contribution in [-0.2, 0) is 12.8 Å². The summed E-state index contributed by atoms with van der Waals surface area (Å²) in [4.78, 5) is 6.73. The number of pyridine rings is 1. The number of methoxy groups -OCH3 is 3. The first kappa shape index (κ1) is 23.6. The van der Waals surface area contributed by atoms with E-state index < -0.39 is 0 Å². The van der Waals surface area contributed by atoms with Crippen molar-refractivity contribution in [2.75, 3.05) is 34.9 Å². The quantitative estimate of drug-likeness (QED) is 0.507. The highest BCUT2D eigenvalue weighted by Crippen LogP contribution is 2.39. The fraction of sp³-hybridized carbons (Fsp3) is 0.370. The normalized spacial score (nSPS) is 15.2. The Hall–Kier alpha value is -3.05. The average molecular weight is 435 g/mol. The number of ether oxygens (including phenoxy) is 3. The largest absolute Gasteiger partial charge is 0.493 e. The summed E-state index contributed by atoms with van der Waals surface area (Å²) in [5.41, 5.74) is 6.06. The summed E-state index contributed by atoms with van der Waals surface area (Å²) in [7, 11) is 7.23. The zero-order chi connectivity index (χ0) is 23.1. The molecule has 4 rings (SSSR count). The van der Waals surface area contributed by atoms with Gasteiger partial charge in [-0.1, -0.05) is 38.1 Å². The lowest BCUT2D eigenvalue weighted by Crippen LogP contribution is -2.33. The number of hydrogen-bond acceptors (Lipinski definition) is 5. The topological polar surface area (TPSA) is 43.8 Å². The number of fused-ring (bicyclic) bond motifs is 1. The van der Waals surface area contributed by atoms with Crippen LogP contribution in [0.3, 0.4) is 0 Å². The second-order valence-corrected chi connectivity index (χ2v) is 7.61. The summed E-state index contributed by atoms with van der Waals surface area (Å²) in [6, 6.07) is 17.2. The monoisotopic (exact) mass is 434 g/mol. The van der Waals surface area contributed by atoms with Crippen molar-refractivity contribution in [1.29, 1.82) is 0 Å². The van der Waals surface area contributed by atoms with Crippen LogP contribution < -0.4 is 14.2 Å². The highest BCUT2D eigenvalue weighted by molar-refractivity contribution is 5.68. The van der Waals surface area contributed by atoms with Crippen LogP contribution >= 0.6 is 0 Å². The molecule has 2 heterocycles. The van der Waals surface area contributed by atoms with Crippen molar-refractivity contribution in [2.45, 2.75) is 32.7 Å². The van der Waals surface area contributed by atoms with Crippen LogP contribution in [0.4, 0.5) is 0 Å². The molecule has 0 aliphatic carbocycles. The summed E-state index contributed by atoms with van der Waals surface area (Å²) in [6.45, 7) is 5.03. The van der Waals surface area contributed by atoms with Gasteiger partial charge in [0.1, 0.15) is 0 Å². The van der Waals surface area contributed by atoms with Crippen molar-refractivity contribution in [3.63, 3.8) is 0 Å². The summed E-state index contributed by atoms with van der Waals surface area (Å²) in [5, 5.41) is 0. The van der Waals surface area contributed by atoms with E-state index in [1.807, 2.05) is 26.0 Å². The Morgan fingerprint density at radius 1 is 0.938 bits per heavy atom. The van der Waals surface area contributed by atoms with Crippen molar-refractivity contribution in [2.24, 2.45) is 0 Å². The van der Waals surface area contributed by atoms with Crippen LogP contribution in [0.1, 0.15) is 36.6 Å². The van der Waals surface area contributed by atoms with Crippen LogP contribution in [0.25, 0.3) is 11.1 Å². The van der Waals surface area contributed by atoms with Crippen LogP contribution in [0.15, 0.2) is 54.7 Å². The molecular weight excluding hydrogens is 400 g/mol. The number of nitrogens with zero attached hydrogens (tertiary/aromatic N) is 2. The SMILES string of the molecule is CC.COc1cc2c(cc1OC)C(Cc1ccc(-c3cccnc3OC)cc1)N(C)CC2. The van der Waals surface area contributed by atoms with Gasteiger partial charge in [0.25, 0.3) is 0 Å². The molecule has 1 aliphatic heterocycles. The minimum atomic E-state index is 0.298. The molecule has 5 heteroatoms. The molecule has 0 amide bonds. The van der Waals surface area contributed by atoms with Gasteiger partial charge in [0.15, 0.2) is 11.5 Å². The maximum Gasteiger partial charge on any atom is 0.221 e. The highest BCUT2D eigenvalue weighted by Gasteiger charge is 2.27. The number of aromatic nitrogens is 1. The highest BCUT2D eigenvalue weighted by atomic mass is 16.5. The second kappa shape index (κ2) is 11.0. The van der Waals surface area contributed by atoms with Crippen LogP contribution in [0, 0.1) is 0 Å². The maximum absolute atomic E-state index is 5.56. The number of likely N-dealkylation sites (N-methyl/N-ethyl adjacent to an activating group) is 1. The minimum absolute atomic E-state index is 0.298. The Morgan fingerprint density at radius 2 is 1.62 bits per heavy atom. The average Bonchev–Trinajstić information content (AvgIpc) is 2.86. The minimum Gasteiger partial charge on any atom is -0.493 e. The first-order valence-electron chi connectivity index (χ1n) is 11.2. The van der Waals surface area contributed by atoms with E-state index in [1.54, 1.807) is 27.5 Å². The van der Waals surface area contributed by atoms with Crippen LogP contribution in [0.2, 0.25) is 0 Å². The van der Waals surface area contributed by atoms with Gasteiger partial charge < -0.3 is 14.2 Å². The van der Waals surface area contributed by atoms with Crippen molar-refractivity contribution >= 4 is 0 Å². The molecule has 3 aromatic rings. The number of benzene rings is 2. The number of rotatable bonds is 6. The number of hydrogen-bond donors (Lipinski definition) is 0. The molecule has 0 saturated heterocycles. The van der Waals surface area contributed by atoms with Gasteiger partial charge in [0.2, 0.25) is 5.88 Å². The zero-order valence-electron chi connectivity index (χ0n) is 20.0. The molecule has 1 aliphatic rings. The van der Waals surface area contributed by atoms with Gasteiger partial charge in [-0.25, -0.2) is 4.98 Å². The molecule has 1 atom stereocenters. The lowest BCUT2D eigenvalue weighted by Gasteiger charge is -2.35. The molecule has 1 unspecified atom stereocenters. The Bertz CT molecular complexity index is 1020. The van der Waals surface area contributed by atoms with E-state index in [0.29, 0.717) is 11.9 Å². The molecule has 2 aromatic carbocycles. The fourth-order valence-corrected chi connectivity index (χ4v) is 4.24. The van der Waals surface area contributed by atoms with Crippen molar-refractivity contribution in [3.05, 3.63) is 71.4 Å². The Morgan fingerprint density at radius 3 is 2.28 bits per heavy atom. The molecule has 1 aromatic heterocycles. The smallest absolute Gasteiger partial charge is 0.221 e. The summed E-state index contributed by atoms with van der Waals surface area (Å²) in [5.74, 6) is 2.23. The first-order chi connectivity index (χ1) is 15.6.